The van der Waals surface area contributed by atoms with E-state index in [-0.39, 0.29) is 5.91 Å². The van der Waals surface area contributed by atoms with Crippen molar-refractivity contribution in [1.82, 2.24) is 4.90 Å². The van der Waals surface area contributed by atoms with Crippen molar-refractivity contribution in [2.75, 3.05) is 20.2 Å². The highest BCUT2D eigenvalue weighted by molar-refractivity contribution is 5.80. The van der Waals surface area contributed by atoms with Crippen LogP contribution in [-0.4, -0.2) is 37.1 Å². The number of ether oxygens (including phenoxy) is 2. The Balaban J connectivity index is 1.78. The average molecular weight is 313 g/mol. The molecule has 0 aliphatic heterocycles. The van der Waals surface area contributed by atoms with Crippen molar-refractivity contribution in [1.29, 1.82) is 0 Å². The Kier molecular flexibility index (Phi) is 6.03. The molecule has 0 bridgehead atoms. The Bertz CT molecular complexity index is 610. The number of carbonyl (C=O) groups is 1. The maximum Gasteiger partial charge on any atom is 0.263 e. The van der Waals surface area contributed by atoms with Crippen molar-refractivity contribution in [3.63, 3.8) is 0 Å². The van der Waals surface area contributed by atoms with Crippen LogP contribution in [-0.2, 0) is 4.79 Å². The Morgan fingerprint density at radius 1 is 1.04 bits per heavy atom. The summed E-state index contributed by atoms with van der Waals surface area (Å²) in [6.07, 6.45) is -0.528. The van der Waals surface area contributed by atoms with Gasteiger partial charge < -0.3 is 14.4 Å². The Hall–Kier alpha value is -2.49. The van der Waals surface area contributed by atoms with Gasteiger partial charge >= 0.3 is 0 Å². The van der Waals surface area contributed by atoms with Crippen LogP contribution in [0.1, 0.15) is 12.5 Å². The van der Waals surface area contributed by atoms with Crippen LogP contribution >= 0.6 is 0 Å². The van der Waals surface area contributed by atoms with Gasteiger partial charge in [0.15, 0.2) is 6.10 Å². The molecule has 0 saturated heterocycles. The normalized spacial score (nSPS) is 11.6. The van der Waals surface area contributed by atoms with Gasteiger partial charge in [0.1, 0.15) is 18.1 Å². The average Bonchev–Trinajstić information content (AvgIpc) is 2.57. The molecule has 0 aliphatic carbocycles. The number of carbonyl (C=O) groups excluding carboxylic acids is 1. The lowest BCUT2D eigenvalue weighted by atomic mass is 10.2. The van der Waals surface area contributed by atoms with Crippen LogP contribution < -0.4 is 9.47 Å². The number of amides is 1. The van der Waals surface area contributed by atoms with Crippen LogP contribution in [0.15, 0.2) is 54.6 Å². The second-order valence-electron chi connectivity index (χ2n) is 5.49. The lowest BCUT2D eigenvalue weighted by Crippen LogP contribution is -2.39. The molecule has 4 heteroatoms. The molecule has 1 atom stereocenters. The van der Waals surface area contributed by atoms with Crippen molar-refractivity contribution < 1.29 is 14.3 Å². The first-order valence-corrected chi connectivity index (χ1v) is 7.72. The van der Waals surface area contributed by atoms with Gasteiger partial charge in [0.05, 0.1) is 6.54 Å². The van der Waals surface area contributed by atoms with Gasteiger partial charge in [0.2, 0.25) is 0 Å². The van der Waals surface area contributed by atoms with Gasteiger partial charge in [-0.05, 0) is 38.1 Å². The van der Waals surface area contributed by atoms with Crippen LogP contribution in [0.25, 0.3) is 0 Å². The third-order valence-electron chi connectivity index (χ3n) is 3.50. The SMILES string of the molecule is Cc1ccc(OC(C)C(=O)N(C)CCOc2ccccc2)cc1. The Morgan fingerprint density at radius 2 is 1.70 bits per heavy atom. The van der Waals surface area contributed by atoms with Crippen molar-refractivity contribution in [3.05, 3.63) is 60.2 Å². The molecular weight excluding hydrogens is 290 g/mol. The van der Waals surface area contributed by atoms with Gasteiger partial charge in [0, 0.05) is 7.05 Å². The smallest absolute Gasteiger partial charge is 0.263 e. The maximum absolute atomic E-state index is 12.3. The van der Waals surface area contributed by atoms with E-state index in [2.05, 4.69) is 0 Å². The fourth-order valence-electron chi connectivity index (χ4n) is 2.11. The summed E-state index contributed by atoms with van der Waals surface area (Å²) in [5.41, 5.74) is 1.16. The van der Waals surface area contributed by atoms with E-state index in [0.29, 0.717) is 18.9 Å². The molecule has 1 unspecified atom stereocenters. The second kappa shape index (κ2) is 8.22. The molecule has 0 N–H and O–H groups in total. The van der Waals surface area contributed by atoms with Crippen LogP contribution in [0.3, 0.4) is 0 Å². The van der Waals surface area contributed by atoms with Crippen LogP contribution in [0, 0.1) is 6.92 Å². The highest BCUT2D eigenvalue weighted by Gasteiger charge is 2.19. The summed E-state index contributed by atoms with van der Waals surface area (Å²) < 4.78 is 11.3. The molecule has 1 amide bonds. The van der Waals surface area contributed by atoms with Crippen molar-refractivity contribution in [2.45, 2.75) is 20.0 Å². The zero-order valence-corrected chi connectivity index (χ0v) is 13.9. The molecule has 0 heterocycles. The number of rotatable bonds is 7. The fourth-order valence-corrected chi connectivity index (χ4v) is 2.11. The monoisotopic (exact) mass is 313 g/mol. The highest BCUT2D eigenvalue weighted by atomic mass is 16.5. The summed E-state index contributed by atoms with van der Waals surface area (Å²) in [7, 11) is 1.76. The molecule has 2 aromatic rings. The first kappa shape index (κ1) is 16.9. The van der Waals surface area contributed by atoms with Crippen LogP contribution in [0.4, 0.5) is 0 Å². The molecule has 0 saturated carbocycles. The van der Waals surface area contributed by atoms with E-state index < -0.39 is 6.10 Å². The summed E-state index contributed by atoms with van der Waals surface area (Å²) in [6, 6.07) is 17.2. The lowest BCUT2D eigenvalue weighted by molar-refractivity contribution is -0.136. The number of nitrogens with zero attached hydrogens (tertiary/aromatic N) is 1. The fraction of sp³-hybridized carbons (Fsp3) is 0.316. The van der Waals surface area contributed by atoms with E-state index >= 15 is 0 Å². The summed E-state index contributed by atoms with van der Waals surface area (Å²) in [6.45, 7) is 4.73. The molecule has 0 spiro atoms. The zero-order chi connectivity index (χ0) is 16.7. The van der Waals surface area contributed by atoms with Gasteiger partial charge in [-0.15, -0.1) is 0 Å². The number of para-hydroxylation sites is 1. The number of hydrogen-bond acceptors (Lipinski definition) is 3. The van der Waals surface area contributed by atoms with E-state index in [0.717, 1.165) is 11.3 Å². The molecule has 2 rings (SSSR count). The molecule has 4 nitrogen and oxygen atoms in total. The number of aryl methyl sites for hydroxylation is 1. The molecule has 0 aromatic heterocycles. The third kappa shape index (κ3) is 5.33. The summed E-state index contributed by atoms with van der Waals surface area (Å²) in [4.78, 5) is 13.9. The summed E-state index contributed by atoms with van der Waals surface area (Å²) in [5.74, 6) is 1.44. The minimum atomic E-state index is -0.528. The molecule has 0 radical (unpaired) electrons. The van der Waals surface area contributed by atoms with E-state index in [1.807, 2.05) is 61.5 Å². The predicted molar refractivity (Wildman–Crippen MR) is 90.8 cm³/mol. The molecule has 2 aromatic carbocycles. The maximum atomic E-state index is 12.3. The van der Waals surface area contributed by atoms with Gasteiger partial charge in [-0.3, -0.25) is 4.79 Å². The first-order chi connectivity index (χ1) is 11.1. The number of benzene rings is 2. The predicted octanol–water partition coefficient (Wildman–Crippen LogP) is 3.30. The number of hydrogen-bond donors (Lipinski definition) is 0. The van der Waals surface area contributed by atoms with E-state index in [4.69, 9.17) is 9.47 Å². The van der Waals surface area contributed by atoms with Gasteiger partial charge in [0.25, 0.3) is 5.91 Å². The van der Waals surface area contributed by atoms with Crippen molar-refractivity contribution in [2.24, 2.45) is 0 Å². The standard InChI is InChI=1S/C19H23NO3/c1-15-9-11-18(12-10-15)23-16(2)19(21)20(3)13-14-22-17-7-5-4-6-8-17/h4-12,16H,13-14H2,1-3H3. The van der Waals surface area contributed by atoms with Gasteiger partial charge in [-0.2, -0.15) is 0 Å². The Morgan fingerprint density at radius 3 is 2.35 bits per heavy atom. The topological polar surface area (TPSA) is 38.8 Å². The highest BCUT2D eigenvalue weighted by Crippen LogP contribution is 2.14. The van der Waals surface area contributed by atoms with Crippen molar-refractivity contribution >= 4 is 5.91 Å². The summed E-state index contributed by atoms with van der Waals surface area (Å²) >= 11 is 0. The number of likely N-dealkylation sites (N-methyl/N-ethyl adjacent to an activating group) is 1. The molecule has 23 heavy (non-hydrogen) atoms. The van der Waals surface area contributed by atoms with E-state index in [9.17, 15) is 4.79 Å². The largest absolute Gasteiger partial charge is 0.492 e. The van der Waals surface area contributed by atoms with Crippen LogP contribution in [0.2, 0.25) is 0 Å². The third-order valence-corrected chi connectivity index (χ3v) is 3.50. The van der Waals surface area contributed by atoms with Gasteiger partial charge in [-0.1, -0.05) is 35.9 Å². The van der Waals surface area contributed by atoms with Crippen LogP contribution in [0.5, 0.6) is 11.5 Å². The van der Waals surface area contributed by atoms with E-state index in [1.165, 1.54) is 0 Å². The zero-order valence-electron chi connectivity index (χ0n) is 13.9. The first-order valence-electron chi connectivity index (χ1n) is 7.72. The Labute approximate surface area is 137 Å². The minimum Gasteiger partial charge on any atom is -0.492 e. The molecule has 0 fully saturated rings. The summed E-state index contributed by atoms with van der Waals surface area (Å²) in [5, 5.41) is 0. The van der Waals surface area contributed by atoms with E-state index in [1.54, 1.807) is 18.9 Å². The van der Waals surface area contributed by atoms with Gasteiger partial charge in [-0.25, -0.2) is 0 Å². The quantitative estimate of drug-likeness (QED) is 0.787. The molecule has 0 aliphatic rings. The minimum absolute atomic E-state index is 0.0674. The lowest BCUT2D eigenvalue weighted by Gasteiger charge is -2.22. The molecule has 122 valence electrons. The van der Waals surface area contributed by atoms with Crippen molar-refractivity contribution in [3.8, 4) is 11.5 Å². The second-order valence-corrected chi connectivity index (χ2v) is 5.49. The molecular formula is C19H23NO3.